The van der Waals surface area contributed by atoms with Crippen molar-refractivity contribution in [1.29, 1.82) is 0 Å². The van der Waals surface area contributed by atoms with Gasteiger partial charge in [0.15, 0.2) is 0 Å². The third kappa shape index (κ3) is 6.97. The molecule has 0 radical (unpaired) electrons. The van der Waals surface area contributed by atoms with Gasteiger partial charge in [0.05, 0.1) is 21.6 Å². The first-order valence-electron chi connectivity index (χ1n) is 9.79. The lowest BCUT2D eigenvalue weighted by atomic mass is 10.0. The van der Waals surface area contributed by atoms with Crippen LogP contribution in [0.1, 0.15) is 29.2 Å². The van der Waals surface area contributed by atoms with E-state index in [-0.39, 0.29) is 17.1 Å². The molecular weight excluding hydrogens is 574 g/mol. The lowest BCUT2D eigenvalue weighted by Gasteiger charge is -2.18. The van der Waals surface area contributed by atoms with Crippen LogP contribution in [0.5, 0.6) is 5.75 Å². The first-order valence-corrected chi connectivity index (χ1v) is 12.9. The molecule has 0 aliphatic heterocycles. The van der Waals surface area contributed by atoms with Gasteiger partial charge in [-0.3, -0.25) is 4.79 Å². The number of sulfonamides is 1. The van der Waals surface area contributed by atoms with Crippen LogP contribution in [-0.4, -0.2) is 25.6 Å². The van der Waals surface area contributed by atoms with E-state index in [2.05, 4.69) is 47.1 Å². The van der Waals surface area contributed by atoms with E-state index in [1.165, 1.54) is 18.3 Å². The molecule has 0 unspecified atom stereocenters. The van der Waals surface area contributed by atoms with Crippen LogP contribution in [0, 0.1) is 6.92 Å². The van der Waals surface area contributed by atoms with Crippen molar-refractivity contribution in [1.82, 2.24) is 10.1 Å². The number of aryl methyl sites for hydroxylation is 1. The Morgan fingerprint density at radius 2 is 1.76 bits per heavy atom. The SMILES string of the molecule is Cc1ccc(S(=O)(=O)N[C@@H](CC(=O)N/N=C\c2cc(Br)cc(Br)c2O)c2ccccc2)cc1. The van der Waals surface area contributed by atoms with Gasteiger partial charge in [0.25, 0.3) is 0 Å². The number of halogens is 2. The first-order chi connectivity index (χ1) is 15.7. The zero-order valence-corrected chi connectivity index (χ0v) is 21.5. The second-order valence-corrected chi connectivity index (χ2v) is 10.7. The van der Waals surface area contributed by atoms with Gasteiger partial charge in [-0.15, -0.1) is 0 Å². The molecule has 0 aliphatic rings. The number of rotatable bonds is 8. The van der Waals surface area contributed by atoms with E-state index in [1.807, 2.05) is 13.0 Å². The maximum absolute atomic E-state index is 12.9. The lowest BCUT2D eigenvalue weighted by Crippen LogP contribution is -2.32. The zero-order chi connectivity index (χ0) is 24.0. The number of amides is 1. The van der Waals surface area contributed by atoms with Gasteiger partial charge in [-0.2, -0.15) is 5.10 Å². The van der Waals surface area contributed by atoms with E-state index in [9.17, 15) is 18.3 Å². The Bertz CT molecular complexity index is 1260. The highest BCUT2D eigenvalue weighted by atomic mass is 79.9. The number of hydrogen-bond donors (Lipinski definition) is 3. The number of phenolic OH excluding ortho intramolecular Hbond substituents is 1. The molecule has 1 atom stereocenters. The number of hydrogen-bond acceptors (Lipinski definition) is 5. The normalized spacial score (nSPS) is 12.6. The molecule has 0 fully saturated rings. The van der Waals surface area contributed by atoms with Crippen molar-refractivity contribution >= 4 is 54.0 Å². The average Bonchev–Trinajstić information content (AvgIpc) is 2.77. The molecule has 3 aromatic rings. The van der Waals surface area contributed by atoms with Gasteiger partial charge in [0.1, 0.15) is 5.75 Å². The Hall–Kier alpha value is -2.53. The van der Waals surface area contributed by atoms with Gasteiger partial charge >= 0.3 is 0 Å². The predicted molar refractivity (Wildman–Crippen MR) is 135 cm³/mol. The Morgan fingerprint density at radius 3 is 2.42 bits per heavy atom. The van der Waals surface area contributed by atoms with E-state index in [0.29, 0.717) is 15.6 Å². The summed E-state index contributed by atoms with van der Waals surface area (Å²) in [5.74, 6) is -0.524. The third-order valence-electron chi connectivity index (χ3n) is 4.67. The quantitative estimate of drug-likeness (QED) is 0.257. The average molecular weight is 595 g/mol. The molecule has 0 saturated heterocycles. The van der Waals surface area contributed by atoms with Crippen LogP contribution >= 0.6 is 31.9 Å². The smallest absolute Gasteiger partial charge is 0.242 e. The summed E-state index contributed by atoms with van der Waals surface area (Å²) in [6.45, 7) is 1.87. The Morgan fingerprint density at radius 1 is 1.09 bits per heavy atom. The summed E-state index contributed by atoms with van der Waals surface area (Å²) in [6, 6.07) is 17.8. The molecule has 3 aromatic carbocycles. The van der Waals surface area contributed by atoms with E-state index in [0.717, 1.165) is 10.0 Å². The fraction of sp³-hybridized carbons (Fsp3) is 0.130. The summed E-state index contributed by atoms with van der Waals surface area (Å²) in [7, 11) is -3.86. The van der Waals surface area contributed by atoms with Crippen molar-refractivity contribution in [3.8, 4) is 5.75 Å². The van der Waals surface area contributed by atoms with Gasteiger partial charge in [0, 0.05) is 16.5 Å². The fourth-order valence-corrected chi connectivity index (χ4v) is 5.46. The summed E-state index contributed by atoms with van der Waals surface area (Å²) < 4.78 is 29.6. The van der Waals surface area contributed by atoms with Crippen LogP contribution in [0.4, 0.5) is 0 Å². The molecule has 0 aromatic heterocycles. The molecule has 10 heteroatoms. The fourth-order valence-electron chi connectivity index (χ4n) is 2.97. The van der Waals surface area contributed by atoms with Gasteiger partial charge in [-0.25, -0.2) is 18.6 Å². The second kappa shape index (κ2) is 11.1. The standard InChI is InChI=1S/C23H21Br2N3O4S/c1-15-7-9-19(10-8-15)33(31,32)28-21(16-5-3-2-4-6-16)13-22(29)27-26-14-17-11-18(24)12-20(25)23(17)30/h2-12,14,21,28,30H,13H2,1H3,(H,27,29)/b26-14-/t21-/m0/s1. The number of aromatic hydroxyl groups is 1. The molecule has 172 valence electrons. The molecule has 0 spiro atoms. The van der Waals surface area contributed by atoms with Crippen LogP contribution < -0.4 is 10.1 Å². The van der Waals surface area contributed by atoms with Crippen molar-refractivity contribution in [3.63, 3.8) is 0 Å². The molecular formula is C23H21Br2N3O4S. The topological polar surface area (TPSA) is 108 Å². The molecule has 0 bridgehead atoms. The first kappa shape index (κ1) is 25.1. The van der Waals surface area contributed by atoms with Gasteiger partial charge in [-0.05, 0) is 52.7 Å². The van der Waals surface area contributed by atoms with Crippen LogP contribution in [-0.2, 0) is 14.8 Å². The van der Waals surface area contributed by atoms with Crippen molar-refractivity contribution < 1.29 is 18.3 Å². The van der Waals surface area contributed by atoms with E-state index in [1.54, 1.807) is 48.5 Å². The minimum absolute atomic E-state index is 0.0239. The maximum atomic E-state index is 12.9. The van der Waals surface area contributed by atoms with Crippen LogP contribution in [0.25, 0.3) is 0 Å². The van der Waals surface area contributed by atoms with Crippen molar-refractivity contribution in [2.75, 3.05) is 0 Å². The highest BCUT2D eigenvalue weighted by Crippen LogP contribution is 2.30. The maximum Gasteiger partial charge on any atom is 0.242 e. The Balaban J connectivity index is 1.76. The van der Waals surface area contributed by atoms with Crippen molar-refractivity contribution in [2.24, 2.45) is 5.10 Å². The largest absolute Gasteiger partial charge is 0.506 e. The van der Waals surface area contributed by atoms with Crippen LogP contribution in [0.3, 0.4) is 0 Å². The van der Waals surface area contributed by atoms with Gasteiger partial charge in [-0.1, -0.05) is 64.0 Å². The molecule has 0 aliphatic carbocycles. The Kier molecular flexibility index (Phi) is 8.41. The van der Waals surface area contributed by atoms with Gasteiger partial charge < -0.3 is 5.11 Å². The molecule has 3 N–H and O–H groups in total. The third-order valence-corrected chi connectivity index (χ3v) is 7.22. The summed E-state index contributed by atoms with van der Waals surface area (Å²) in [4.78, 5) is 12.7. The summed E-state index contributed by atoms with van der Waals surface area (Å²) in [5, 5.41) is 14.0. The van der Waals surface area contributed by atoms with Crippen LogP contribution in [0.2, 0.25) is 0 Å². The number of nitrogens with one attached hydrogen (secondary N) is 2. The highest BCUT2D eigenvalue weighted by Gasteiger charge is 2.23. The predicted octanol–water partition coefficient (Wildman–Crippen LogP) is 4.79. The van der Waals surface area contributed by atoms with E-state index in [4.69, 9.17) is 0 Å². The van der Waals surface area contributed by atoms with E-state index < -0.39 is 22.0 Å². The number of nitrogens with zero attached hydrogens (tertiary/aromatic N) is 1. The molecule has 0 heterocycles. The minimum Gasteiger partial charge on any atom is -0.506 e. The number of phenols is 1. The minimum atomic E-state index is -3.86. The number of benzene rings is 3. The summed E-state index contributed by atoms with van der Waals surface area (Å²) in [5.41, 5.74) is 4.35. The number of carbonyl (C=O) groups excluding carboxylic acids is 1. The number of hydrazone groups is 1. The molecule has 3 rings (SSSR count). The molecule has 33 heavy (non-hydrogen) atoms. The van der Waals surface area contributed by atoms with Gasteiger partial charge in [0.2, 0.25) is 15.9 Å². The number of carbonyl (C=O) groups is 1. The zero-order valence-electron chi connectivity index (χ0n) is 17.5. The lowest BCUT2D eigenvalue weighted by molar-refractivity contribution is -0.121. The summed E-state index contributed by atoms with van der Waals surface area (Å²) in [6.07, 6.45) is 1.12. The summed E-state index contributed by atoms with van der Waals surface area (Å²) >= 11 is 6.56. The highest BCUT2D eigenvalue weighted by molar-refractivity contribution is 9.11. The molecule has 0 saturated carbocycles. The molecule has 1 amide bonds. The Labute approximate surface area is 209 Å². The van der Waals surface area contributed by atoms with E-state index >= 15 is 0 Å². The van der Waals surface area contributed by atoms with Crippen LogP contribution in [0.15, 0.2) is 85.7 Å². The second-order valence-electron chi connectivity index (χ2n) is 7.22. The molecule has 7 nitrogen and oxygen atoms in total. The monoisotopic (exact) mass is 593 g/mol. The van der Waals surface area contributed by atoms with Crippen molar-refractivity contribution in [3.05, 3.63) is 92.4 Å². The van der Waals surface area contributed by atoms with Crippen molar-refractivity contribution in [2.45, 2.75) is 24.3 Å².